The number of carbonyl (C=O) groups is 1. The molecule has 0 saturated carbocycles. The molecular formula is C22H30N2O5S. The number of nitrogens with zero attached hydrogens (tertiary/aromatic N) is 1. The van der Waals surface area contributed by atoms with Crippen LogP contribution >= 0.6 is 0 Å². The highest BCUT2D eigenvalue weighted by Gasteiger charge is 2.32. The van der Waals surface area contributed by atoms with Crippen LogP contribution in [0.4, 0.5) is 5.69 Å². The van der Waals surface area contributed by atoms with Gasteiger partial charge in [0.15, 0.2) is 0 Å². The summed E-state index contributed by atoms with van der Waals surface area (Å²) in [4.78, 5) is 13.0. The van der Waals surface area contributed by atoms with E-state index in [0.717, 1.165) is 27.3 Å². The van der Waals surface area contributed by atoms with Crippen molar-refractivity contribution in [1.82, 2.24) is 5.32 Å². The molecular weight excluding hydrogens is 404 g/mol. The van der Waals surface area contributed by atoms with E-state index >= 15 is 0 Å². The van der Waals surface area contributed by atoms with Crippen molar-refractivity contribution in [3.05, 3.63) is 53.1 Å². The molecule has 1 amide bonds. The number of rotatable bonds is 8. The number of carbonyl (C=O) groups excluding carboxylic acids is 1. The molecule has 0 aliphatic rings. The number of hydrogen-bond acceptors (Lipinski definition) is 5. The second-order valence-electron chi connectivity index (χ2n) is 7.36. The van der Waals surface area contributed by atoms with Crippen LogP contribution < -0.4 is 19.1 Å². The first-order chi connectivity index (χ1) is 14.0. The number of hydrogen-bond donors (Lipinski definition) is 1. The quantitative estimate of drug-likeness (QED) is 0.689. The second-order valence-corrected chi connectivity index (χ2v) is 9.22. The first-order valence-corrected chi connectivity index (χ1v) is 11.4. The van der Waals surface area contributed by atoms with Crippen molar-refractivity contribution in [2.24, 2.45) is 0 Å². The Labute approximate surface area is 179 Å². The summed E-state index contributed by atoms with van der Waals surface area (Å²) in [6.45, 7) is 7.39. The van der Waals surface area contributed by atoms with Crippen LogP contribution in [0.3, 0.4) is 0 Å². The van der Waals surface area contributed by atoms with Crippen molar-refractivity contribution >= 4 is 21.6 Å². The summed E-state index contributed by atoms with van der Waals surface area (Å²) in [6, 6.07) is 9.55. The molecule has 1 N–H and O–H groups in total. The zero-order valence-electron chi connectivity index (χ0n) is 18.5. The standard InChI is InChI=1S/C22H30N2O5S/c1-14-8-9-15(2)19(12-14)16(3)23-22(25)17(4)24(30(7,26)27)20-13-18(28-5)10-11-21(20)29-6/h8-13,16-17H,1-7H3,(H,23,25)/t16-,17-/m0/s1. The lowest BCUT2D eigenvalue weighted by Gasteiger charge is -2.30. The summed E-state index contributed by atoms with van der Waals surface area (Å²) in [7, 11) is -0.870. The van der Waals surface area contributed by atoms with E-state index in [9.17, 15) is 13.2 Å². The van der Waals surface area contributed by atoms with E-state index in [-0.39, 0.29) is 11.7 Å². The van der Waals surface area contributed by atoms with Crippen molar-refractivity contribution in [2.75, 3.05) is 24.8 Å². The lowest BCUT2D eigenvalue weighted by molar-refractivity contribution is -0.122. The van der Waals surface area contributed by atoms with Crippen LogP contribution in [-0.4, -0.2) is 40.8 Å². The van der Waals surface area contributed by atoms with Crippen molar-refractivity contribution in [1.29, 1.82) is 0 Å². The number of amides is 1. The maximum atomic E-state index is 13.0. The first kappa shape index (κ1) is 23.5. The van der Waals surface area contributed by atoms with Crippen LogP contribution in [0.15, 0.2) is 36.4 Å². The fourth-order valence-electron chi connectivity index (χ4n) is 3.39. The minimum atomic E-state index is -3.80. The van der Waals surface area contributed by atoms with Gasteiger partial charge in [-0.25, -0.2) is 8.42 Å². The van der Waals surface area contributed by atoms with Crippen LogP contribution in [0.25, 0.3) is 0 Å². The van der Waals surface area contributed by atoms with Crippen molar-refractivity contribution in [2.45, 2.75) is 39.8 Å². The highest BCUT2D eigenvalue weighted by atomic mass is 32.2. The monoisotopic (exact) mass is 434 g/mol. The summed E-state index contributed by atoms with van der Waals surface area (Å²) in [6.07, 6.45) is 1.06. The Morgan fingerprint density at radius 3 is 2.27 bits per heavy atom. The number of anilines is 1. The van der Waals surface area contributed by atoms with Crippen LogP contribution in [-0.2, 0) is 14.8 Å². The fraction of sp³-hybridized carbons (Fsp3) is 0.409. The third-order valence-electron chi connectivity index (χ3n) is 4.97. The topological polar surface area (TPSA) is 84.9 Å². The van der Waals surface area contributed by atoms with Crippen molar-refractivity contribution < 1.29 is 22.7 Å². The molecule has 0 fully saturated rings. The predicted octanol–water partition coefficient (Wildman–Crippen LogP) is 3.35. The predicted molar refractivity (Wildman–Crippen MR) is 119 cm³/mol. The van der Waals surface area contributed by atoms with E-state index in [0.29, 0.717) is 11.5 Å². The van der Waals surface area contributed by atoms with Crippen molar-refractivity contribution in [3.63, 3.8) is 0 Å². The molecule has 8 heteroatoms. The molecule has 0 unspecified atom stereocenters. The summed E-state index contributed by atoms with van der Waals surface area (Å²) < 4.78 is 36.9. The van der Waals surface area contributed by atoms with Gasteiger partial charge in [-0.1, -0.05) is 23.8 Å². The molecule has 0 heterocycles. The van der Waals surface area contributed by atoms with E-state index in [1.807, 2.05) is 39.0 Å². The number of benzene rings is 2. The Hall–Kier alpha value is -2.74. The molecule has 30 heavy (non-hydrogen) atoms. The molecule has 0 aliphatic carbocycles. The van der Waals surface area contributed by atoms with Crippen LogP contribution in [0, 0.1) is 13.8 Å². The number of methoxy groups -OCH3 is 2. The van der Waals surface area contributed by atoms with Gasteiger partial charge in [0.05, 0.1) is 32.2 Å². The Morgan fingerprint density at radius 2 is 1.70 bits per heavy atom. The molecule has 164 valence electrons. The molecule has 7 nitrogen and oxygen atoms in total. The highest BCUT2D eigenvalue weighted by Crippen LogP contribution is 2.35. The largest absolute Gasteiger partial charge is 0.497 e. The van der Waals surface area contributed by atoms with Gasteiger partial charge in [0, 0.05) is 6.07 Å². The van der Waals surface area contributed by atoms with Crippen LogP contribution in [0.2, 0.25) is 0 Å². The number of nitrogens with one attached hydrogen (secondary N) is 1. The fourth-order valence-corrected chi connectivity index (χ4v) is 4.56. The van der Waals surface area contributed by atoms with E-state index in [2.05, 4.69) is 5.32 Å². The molecule has 0 bridgehead atoms. The Balaban J connectivity index is 2.40. The minimum absolute atomic E-state index is 0.237. The lowest BCUT2D eigenvalue weighted by atomic mass is 10.00. The molecule has 2 rings (SSSR count). The Bertz CT molecular complexity index is 1020. The van der Waals surface area contributed by atoms with E-state index < -0.39 is 22.0 Å². The van der Waals surface area contributed by atoms with Crippen LogP contribution in [0.1, 0.15) is 36.6 Å². The second kappa shape index (κ2) is 9.38. The molecule has 0 aliphatic heterocycles. The van der Waals surface area contributed by atoms with Crippen molar-refractivity contribution in [3.8, 4) is 11.5 Å². The number of sulfonamides is 1. The minimum Gasteiger partial charge on any atom is -0.497 e. The number of ether oxygens (including phenoxy) is 2. The maximum absolute atomic E-state index is 13.0. The third kappa shape index (κ3) is 5.24. The molecule has 2 aromatic carbocycles. The van der Waals surface area contributed by atoms with Gasteiger partial charge >= 0.3 is 0 Å². The molecule has 2 atom stereocenters. The van der Waals surface area contributed by atoms with Gasteiger partial charge in [0.25, 0.3) is 0 Å². The first-order valence-electron chi connectivity index (χ1n) is 9.58. The van der Waals surface area contributed by atoms with E-state index in [1.165, 1.54) is 20.3 Å². The van der Waals surface area contributed by atoms with Crippen LogP contribution in [0.5, 0.6) is 11.5 Å². The van der Waals surface area contributed by atoms with Gasteiger partial charge < -0.3 is 14.8 Å². The molecule has 0 radical (unpaired) electrons. The molecule has 0 aromatic heterocycles. The highest BCUT2D eigenvalue weighted by molar-refractivity contribution is 7.92. The van der Waals surface area contributed by atoms with Gasteiger partial charge in [-0.05, 0) is 51.0 Å². The van der Waals surface area contributed by atoms with E-state index in [4.69, 9.17) is 9.47 Å². The van der Waals surface area contributed by atoms with Gasteiger partial charge in [-0.15, -0.1) is 0 Å². The molecule has 2 aromatic rings. The summed E-state index contributed by atoms with van der Waals surface area (Å²) >= 11 is 0. The average Bonchev–Trinajstić information content (AvgIpc) is 2.68. The summed E-state index contributed by atoms with van der Waals surface area (Å²) in [5, 5.41) is 2.94. The average molecular weight is 435 g/mol. The zero-order valence-corrected chi connectivity index (χ0v) is 19.3. The van der Waals surface area contributed by atoms with Gasteiger partial charge in [-0.2, -0.15) is 0 Å². The molecule has 0 saturated heterocycles. The SMILES string of the molecule is COc1ccc(OC)c(N([C@@H](C)C(=O)N[C@@H](C)c2cc(C)ccc2C)S(C)(=O)=O)c1. The normalized spacial score (nSPS) is 13.3. The van der Waals surface area contributed by atoms with Gasteiger partial charge in [-0.3, -0.25) is 9.10 Å². The lowest BCUT2D eigenvalue weighted by Crippen LogP contribution is -2.48. The maximum Gasteiger partial charge on any atom is 0.244 e. The smallest absolute Gasteiger partial charge is 0.244 e. The third-order valence-corrected chi connectivity index (χ3v) is 6.20. The van der Waals surface area contributed by atoms with Gasteiger partial charge in [0.2, 0.25) is 15.9 Å². The van der Waals surface area contributed by atoms with E-state index in [1.54, 1.807) is 19.1 Å². The van der Waals surface area contributed by atoms with Gasteiger partial charge in [0.1, 0.15) is 17.5 Å². The summed E-state index contributed by atoms with van der Waals surface area (Å²) in [5.41, 5.74) is 3.36. The zero-order chi connectivity index (χ0) is 22.6. The summed E-state index contributed by atoms with van der Waals surface area (Å²) in [5.74, 6) is 0.359. The Kier molecular flexibility index (Phi) is 7.36. The molecule has 0 spiro atoms. The number of aryl methyl sites for hydroxylation is 2. The Morgan fingerprint density at radius 1 is 1.03 bits per heavy atom.